The number of nitrogens with one attached hydrogen (secondary N) is 1. The normalized spacial score (nSPS) is 27.8. The molecule has 25 heavy (non-hydrogen) atoms. The molecule has 0 spiro atoms. The second-order valence-corrected chi connectivity index (χ2v) is 6.77. The van der Waals surface area contributed by atoms with E-state index in [1.54, 1.807) is 7.11 Å². The molecule has 1 heterocycles. The second-order valence-electron chi connectivity index (χ2n) is 6.34. The highest BCUT2D eigenvalue weighted by Crippen LogP contribution is 2.41. The van der Waals surface area contributed by atoms with Gasteiger partial charge >= 0.3 is 0 Å². The minimum absolute atomic E-state index is 0.0112. The SMILES string of the molecule is C/C=C\C=C1\COC(C2C=CC=C(C)C2OC)c2cc(Cl)ccc2N1. The molecule has 0 amide bonds. The maximum Gasteiger partial charge on any atom is 0.0941 e. The fraction of sp³-hybridized carbons (Fsp3) is 0.333. The molecule has 2 aliphatic rings. The van der Waals surface area contributed by atoms with Crippen molar-refractivity contribution in [1.82, 2.24) is 0 Å². The number of benzene rings is 1. The van der Waals surface area contributed by atoms with E-state index in [0.29, 0.717) is 11.6 Å². The molecule has 132 valence electrons. The van der Waals surface area contributed by atoms with Crippen molar-refractivity contribution in [1.29, 1.82) is 0 Å². The van der Waals surface area contributed by atoms with Gasteiger partial charge in [0.05, 0.1) is 18.8 Å². The van der Waals surface area contributed by atoms with Gasteiger partial charge in [0.15, 0.2) is 0 Å². The van der Waals surface area contributed by atoms with Crippen LogP contribution in [0.4, 0.5) is 5.69 Å². The van der Waals surface area contributed by atoms with Gasteiger partial charge in [-0.2, -0.15) is 0 Å². The molecule has 4 heteroatoms. The summed E-state index contributed by atoms with van der Waals surface area (Å²) in [5, 5.41) is 4.19. The number of fused-ring (bicyclic) bond motifs is 1. The maximum atomic E-state index is 6.33. The number of methoxy groups -OCH3 is 1. The summed E-state index contributed by atoms with van der Waals surface area (Å²) in [5.74, 6) is 0.0927. The highest BCUT2D eigenvalue weighted by molar-refractivity contribution is 6.30. The zero-order valence-electron chi connectivity index (χ0n) is 14.8. The summed E-state index contributed by atoms with van der Waals surface area (Å²) >= 11 is 6.28. The molecule has 3 nitrogen and oxygen atoms in total. The minimum atomic E-state index is -0.137. The third-order valence-electron chi connectivity index (χ3n) is 4.62. The summed E-state index contributed by atoms with van der Waals surface area (Å²) in [5.41, 5.74) is 4.30. The molecule has 1 aromatic rings. The van der Waals surface area contributed by atoms with Crippen LogP contribution in [0.5, 0.6) is 0 Å². The van der Waals surface area contributed by atoms with Crippen molar-refractivity contribution >= 4 is 17.3 Å². The average molecular weight is 358 g/mol. The Morgan fingerprint density at radius 3 is 2.96 bits per heavy atom. The number of hydrogen-bond donors (Lipinski definition) is 1. The van der Waals surface area contributed by atoms with Crippen LogP contribution in [0, 0.1) is 5.92 Å². The highest BCUT2D eigenvalue weighted by Gasteiger charge is 2.35. The molecule has 3 atom stereocenters. The van der Waals surface area contributed by atoms with Gasteiger partial charge in [-0.15, -0.1) is 0 Å². The molecule has 0 saturated heterocycles. The molecular weight excluding hydrogens is 334 g/mol. The monoisotopic (exact) mass is 357 g/mol. The molecule has 1 aromatic carbocycles. The van der Waals surface area contributed by atoms with Crippen molar-refractivity contribution in [2.75, 3.05) is 19.0 Å². The second kappa shape index (κ2) is 8.05. The number of hydrogen-bond acceptors (Lipinski definition) is 3. The number of anilines is 1. The molecule has 1 aliphatic heterocycles. The van der Waals surface area contributed by atoms with Crippen molar-refractivity contribution in [3.8, 4) is 0 Å². The molecule has 3 unspecified atom stereocenters. The number of allylic oxidation sites excluding steroid dienone is 5. The van der Waals surface area contributed by atoms with Gasteiger partial charge in [-0.25, -0.2) is 0 Å². The summed E-state index contributed by atoms with van der Waals surface area (Å²) in [6.07, 6.45) is 12.2. The molecule has 0 radical (unpaired) electrons. The molecule has 0 bridgehead atoms. The Morgan fingerprint density at radius 2 is 2.20 bits per heavy atom. The van der Waals surface area contributed by atoms with E-state index in [1.165, 1.54) is 5.57 Å². The van der Waals surface area contributed by atoms with E-state index in [-0.39, 0.29) is 18.1 Å². The Hall–Kier alpha value is -1.81. The van der Waals surface area contributed by atoms with Crippen molar-refractivity contribution in [3.05, 3.63) is 76.5 Å². The van der Waals surface area contributed by atoms with Crippen LogP contribution in [-0.2, 0) is 9.47 Å². The van der Waals surface area contributed by atoms with E-state index in [2.05, 4.69) is 30.5 Å². The van der Waals surface area contributed by atoms with Crippen LogP contribution in [0.15, 0.2) is 65.9 Å². The van der Waals surface area contributed by atoms with Crippen LogP contribution in [0.2, 0.25) is 5.02 Å². The topological polar surface area (TPSA) is 30.5 Å². The first-order valence-corrected chi connectivity index (χ1v) is 8.89. The van der Waals surface area contributed by atoms with Gasteiger partial charge < -0.3 is 14.8 Å². The molecule has 3 rings (SSSR count). The van der Waals surface area contributed by atoms with Crippen LogP contribution in [0.3, 0.4) is 0 Å². The van der Waals surface area contributed by atoms with Crippen molar-refractivity contribution in [2.45, 2.75) is 26.1 Å². The lowest BCUT2D eigenvalue weighted by Crippen LogP contribution is -2.31. The van der Waals surface area contributed by atoms with E-state index >= 15 is 0 Å². The summed E-state index contributed by atoms with van der Waals surface area (Å²) in [6, 6.07) is 5.90. The predicted molar refractivity (Wildman–Crippen MR) is 104 cm³/mol. The van der Waals surface area contributed by atoms with E-state index in [9.17, 15) is 0 Å². The van der Waals surface area contributed by atoms with Gasteiger partial charge in [0, 0.05) is 35.0 Å². The van der Waals surface area contributed by atoms with Crippen molar-refractivity contribution in [3.63, 3.8) is 0 Å². The summed E-state index contributed by atoms with van der Waals surface area (Å²) in [7, 11) is 1.75. The van der Waals surface area contributed by atoms with Gasteiger partial charge in [-0.1, -0.05) is 42.0 Å². The molecule has 1 N–H and O–H groups in total. The first-order valence-electron chi connectivity index (χ1n) is 8.51. The standard InChI is InChI=1S/C21H24ClNO2/c1-4-5-8-16-13-25-21(17-9-6-7-14(2)20(17)24-3)18-12-15(22)10-11-19(18)23-16/h4-12,17,20-21,23H,13H2,1-3H3/b5-4-,16-8-. The van der Waals surface area contributed by atoms with Crippen LogP contribution in [-0.4, -0.2) is 19.8 Å². The van der Waals surface area contributed by atoms with E-state index < -0.39 is 0 Å². The molecule has 0 saturated carbocycles. The van der Waals surface area contributed by atoms with E-state index in [1.807, 2.05) is 43.4 Å². The van der Waals surface area contributed by atoms with E-state index in [0.717, 1.165) is 16.9 Å². The Balaban J connectivity index is 2.01. The molecular formula is C21H24ClNO2. The lowest BCUT2D eigenvalue weighted by atomic mass is 9.84. The number of halogens is 1. The Kier molecular flexibility index (Phi) is 5.79. The van der Waals surface area contributed by atoms with Gasteiger partial charge in [-0.05, 0) is 43.7 Å². The molecule has 0 aromatic heterocycles. The van der Waals surface area contributed by atoms with Gasteiger partial charge in [0.25, 0.3) is 0 Å². The Morgan fingerprint density at radius 1 is 1.36 bits per heavy atom. The van der Waals surface area contributed by atoms with Crippen molar-refractivity contribution < 1.29 is 9.47 Å². The number of ether oxygens (including phenoxy) is 2. The minimum Gasteiger partial charge on any atom is -0.376 e. The highest BCUT2D eigenvalue weighted by atomic mass is 35.5. The van der Waals surface area contributed by atoms with E-state index in [4.69, 9.17) is 21.1 Å². The summed E-state index contributed by atoms with van der Waals surface area (Å²) < 4.78 is 12.1. The van der Waals surface area contributed by atoms with Gasteiger partial charge in [0.1, 0.15) is 0 Å². The van der Waals surface area contributed by atoms with Gasteiger partial charge in [-0.3, -0.25) is 0 Å². The first-order chi connectivity index (χ1) is 12.1. The average Bonchev–Trinajstić information content (AvgIpc) is 2.78. The third-order valence-corrected chi connectivity index (χ3v) is 4.85. The summed E-state index contributed by atoms with van der Waals surface area (Å²) in [6.45, 7) is 4.59. The van der Waals surface area contributed by atoms with Gasteiger partial charge in [0.2, 0.25) is 0 Å². The van der Waals surface area contributed by atoms with Crippen LogP contribution in [0.1, 0.15) is 25.5 Å². The third kappa shape index (κ3) is 3.90. The molecule has 1 aliphatic carbocycles. The Labute approximate surface area is 154 Å². The fourth-order valence-electron chi connectivity index (χ4n) is 3.42. The fourth-order valence-corrected chi connectivity index (χ4v) is 3.60. The van der Waals surface area contributed by atoms with Crippen LogP contribution >= 0.6 is 11.6 Å². The predicted octanol–water partition coefficient (Wildman–Crippen LogP) is 5.43. The van der Waals surface area contributed by atoms with Crippen LogP contribution < -0.4 is 5.32 Å². The lowest BCUT2D eigenvalue weighted by Gasteiger charge is -2.33. The quantitative estimate of drug-likeness (QED) is 0.782. The first kappa shape index (κ1) is 18.0. The largest absolute Gasteiger partial charge is 0.376 e. The maximum absolute atomic E-state index is 6.33. The lowest BCUT2D eigenvalue weighted by molar-refractivity contribution is -0.0140. The Bertz CT molecular complexity index is 748. The smallest absolute Gasteiger partial charge is 0.0941 e. The number of rotatable bonds is 3. The zero-order chi connectivity index (χ0) is 17.8. The molecule has 0 fully saturated rings. The summed E-state index contributed by atoms with van der Waals surface area (Å²) in [4.78, 5) is 0. The zero-order valence-corrected chi connectivity index (χ0v) is 15.6. The van der Waals surface area contributed by atoms with Crippen molar-refractivity contribution in [2.24, 2.45) is 5.92 Å². The van der Waals surface area contributed by atoms with Crippen LogP contribution in [0.25, 0.3) is 0 Å².